The third-order valence-electron chi connectivity index (χ3n) is 3.15. The zero-order valence-corrected chi connectivity index (χ0v) is 14.6. The van der Waals surface area contributed by atoms with Crippen LogP contribution in [-0.4, -0.2) is 57.2 Å². The number of carboxylic acid groups (broad SMARTS) is 2. The number of aliphatic hydroxyl groups is 1. The molecule has 0 aromatic carbocycles. The van der Waals surface area contributed by atoms with Crippen molar-refractivity contribution in [3.63, 3.8) is 0 Å². The van der Waals surface area contributed by atoms with Crippen molar-refractivity contribution in [1.29, 1.82) is 5.41 Å². The molecule has 27 heavy (non-hydrogen) atoms. The molecule has 0 bridgehead atoms. The van der Waals surface area contributed by atoms with E-state index in [1.54, 1.807) is 0 Å². The molecule has 152 valence electrons. The number of hydrogen-bond donors (Lipinski definition) is 4. The van der Waals surface area contributed by atoms with Gasteiger partial charge in [-0.2, -0.15) is 0 Å². The van der Waals surface area contributed by atoms with Crippen LogP contribution in [0.5, 0.6) is 0 Å². The number of aliphatic carboxylic acids is 2. The van der Waals surface area contributed by atoms with E-state index < -0.39 is 48.3 Å². The highest BCUT2D eigenvalue weighted by Crippen LogP contribution is 2.06. The lowest BCUT2D eigenvalue weighted by atomic mass is 10.2. The number of esters is 3. The van der Waals surface area contributed by atoms with Crippen LogP contribution in [0, 0.1) is 5.41 Å². The van der Waals surface area contributed by atoms with Gasteiger partial charge >= 0.3 is 29.8 Å². The molecule has 0 aliphatic heterocycles. The van der Waals surface area contributed by atoms with Gasteiger partial charge in [-0.1, -0.05) is 0 Å². The Labute approximate surface area is 154 Å². The fourth-order valence-corrected chi connectivity index (χ4v) is 1.81. The second-order valence-electron chi connectivity index (χ2n) is 5.61. The average Bonchev–Trinajstić information content (AvgIpc) is 2.55. The van der Waals surface area contributed by atoms with E-state index >= 15 is 0 Å². The quantitative estimate of drug-likeness (QED) is 0.114. The lowest BCUT2D eigenvalue weighted by Crippen LogP contribution is -2.29. The number of unbranched alkanes of at least 4 members (excludes halogenated alkanes) is 2. The number of ether oxygens (including phenoxy) is 2. The van der Waals surface area contributed by atoms with Gasteiger partial charge in [0.1, 0.15) is 0 Å². The van der Waals surface area contributed by atoms with Crippen molar-refractivity contribution < 1.29 is 48.8 Å². The summed E-state index contributed by atoms with van der Waals surface area (Å²) < 4.78 is 8.93. The van der Waals surface area contributed by atoms with Gasteiger partial charge in [0.05, 0.1) is 6.42 Å². The second kappa shape index (κ2) is 13.4. The lowest BCUT2D eigenvalue weighted by molar-refractivity contribution is -0.166. The van der Waals surface area contributed by atoms with Gasteiger partial charge in [-0.15, -0.1) is 0 Å². The topological polar surface area (TPSA) is 188 Å². The highest BCUT2D eigenvalue weighted by atomic mass is 16.6. The number of aliphatic hydroxyl groups excluding tert-OH is 1. The molecule has 4 N–H and O–H groups in total. The third kappa shape index (κ3) is 14.1. The Morgan fingerprint density at radius 1 is 0.741 bits per heavy atom. The van der Waals surface area contributed by atoms with Crippen molar-refractivity contribution in [2.75, 3.05) is 0 Å². The van der Waals surface area contributed by atoms with E-state index in [1.165, 1.54) is 0 Å². The molecule has 0 saturated carbocycles. The average molecular weight is 389 g/mol. The van der Waals surface area contributed by atoms with E-state index in [-0.39, 0.29) is 51.4 Å². The van der Waals surface area contributed by atoms with Gasteiger partial charge in [0, 0.05) is 25.7 Å². The molecule has 0 saturated heterocycles. The summed E-state index contributed by atoms with van der Waals surface area (Å²) in [6.07, 6.45) is -2.15. The minimum absolute atomic E-state index is 0.0976. The SMILES string of the molecule is N=C(CC(O)C(=O)OC(=O)CCCCC(=O)O)OC(=O)CCCCC(=O)O. The molecule has 0 aliphatic carbocycles. The normalized spacial score (nSPS) is 11.3. The molecular weight excluding hydrogens is 366 g/mol. The molecule has 1 unspecified atom stereocenters. The molecule has 11 nitrogen and oxygen atoms in total. The zero-order chi connectivity index (χ0) is 20.8. The van der Waals surface area contributed by atoms with Gasteiger partial charge in [-0.25, -0.2) is 4.79 Å². The first-order chi connectivity index (χ1) is 12.6. The monoisotopic (exact) mass is 389 g/mol. The maximum atomic E-state index is 11.5. The van der Waals surface area contributed by atoms with E-state index in [0.717, 1.165) is 0 Å². The Hall–Kier alpha value is -2.82. The Balaban J connectivity index is 4.03. The highest BCUT2D eigenvalue weighted by molar-refractivity contribution is 5.93. The Morgan fingerprint density at radius 2 is 1.15 bits per heavy atom. The van der Waals surface area contributed by atoms with Crippen LogP contribution in [-0.2, 0) is 33.4 Å². The standard InChI is InChI=1S/C16H23NO10/c17-11(26-14(23)7-3-1-5-12(19)20)9-10(18)16(25)27-15(24)8-4-2-6-13(21)22/h10,17-18H,1-9H2,(H,19,20)(H,21,22). The van der Waals surface area contributed by atoms with E-state index in [2.05, 4.69) is 9.47 Å². The molecule has 0 rings (SSSR count). The van der Waals surface area contributed by atoms with Crippen LogP contribution in [0.4, 0.5) is 0 Å². The molecule has 1 atom stereocenters. The molecule has 0 spiro atoms. The van der Waals surface area contributed by atoms with E-state index in [9.17, 15) is 29.1 Å². The summed E-state index contributed by atoms with van der Waals surface area (Å²) in [6, 6.07) is 0. The fourth-order valence-electron chi connectivity index (χ4n) is 1.81. The Bertz CT molecular complexity index is 572. The van der Waals surface area contributed by atoms with Crippen LogP contribution in [0.25, 0.3) is 0 Å². The van der Waals surface area contributed by atoms with Crippen molar-refractivity contribution >= 4 is 35.7 Å². The van der Waals surface area contributed by atoms with E-state index in [4.69, 9.17) is 15.6 Å². The van der Waals surface area contributed by atoms with Gasteiger partial charge in [0.2, 0.25) is 0 Å². The molecule has 11 heteroatoms. The largest absolute Gasteiger partial charge is 0.481 e. The van der Waals surface area contributed by atoms with Crippen LogP contribution in [0.15, 0.2) is 0 Å². The molecule has 0 heterocycles. The Kier molecular flexibility index (Phi) is 12.0. The third-order valence-corrected chi connectivity index (χ3v) is 3.15. The highest BCUT2D eigenvalue weighted by Gasteiger charge is 2.23. The summed E-state index contributed by atoms with van der Waals surface area (Å²) in [5, 5.41) is 33.9. The number of carbonyl (C=O) groups is 5. The fraction of sp³-hybridized carbons (Fsp3) is 0.625. The molecular formula is C16H23NO10. The number of carbonyl (C=O) groups excluding carboxylic acids is 3. The van der Waals surface area contributed by atoms with Gasteiger partial charge in [0.15, 0.2) is 12.0 Å². The van der Waals surface area contributed by atoms with Gasteiger partial charge in [-0.3, -0.25) is 24.6 Å². The maximum absolute atomic E-state index is 11.5. The van der Waals surface area contributed by atoms with Crippen molar-refractivity contribution in [3.05, 3.63) is 0 Å². The lowest BCUT2D eigenvalue weighted by Gasteiger charge is -2.10. The second-order valence-corrected chi connectivity index (χ2v) is 5.61. The predicted octanol–water partition coefficient (Wildman–Crippen LogP) is 0.618. The molecule has 0 aromatic heterocycles. The van der Waals surface area contributed by atoms with Gasteiger partial charge in [-0.05, 0) is 25.7 Å². The van der Waals surface area contributed by atoms with Crippen molar-refractivity contribution in [1.82, 2.24) is 0 Å². The van der Waals surface area contributed by atoms with Crippen molar-refractivity contribution in [3.8, 4) is 0 Å². The first-order valence-electron chi connectivity index (χ1n) is 8.26. The number of hydrogen-bond acceptors (Lipinski definition) is 9. The minimum Gasteiger partial charge on any atom is -0.481 e. The van der Waals surface area contributed by atoms with E-state index in [1.807, 2.05) is 0 Å². The zero-order valence-electron chi connectivity index (χ0n) is 14.6. The van der Waals surface area contributed by atoms with Crippen LogP contribution in [0.3, 0.4) is 0 Å². The summed E-state index contributed by atoms with van der Waals surface area (Å²) in [4.78, 5) is 54.9. The van der Waals surface area contributed by atoms with Gasteiger partial charge < -0.3 is 24.8 Å². The first kappa shape index (κ1) is 24.2. The summed E-state index contributed by atoms with van der Waals surface area (Å²) in [6.45, 7) is 0. The number of rotatable bonds is 13. The van der Waals surface area contributed by atoms with Crippen LogP contribution in [0.1, 0.15) is 57.8 Å². The van der Waals surface area contributed by atoms with E-state index in [0.29, 0.717) is 0 Å². The number of carboxylic acids is 2. The van der Waals surface area contributed by atoms with Crippen LogP contribution < -0.4 is 0 Å². The molecule has 0 fully saturated rings. The Morgan fingerprint density at radius 3 is 1.59 bits per heavy atom. The summed E-state index contributed by atoms with van der Waals surface area (Å²) in [7, 11) is 0. The molecule has 0 amide bonds. The van der Waals surface area contributed by atoms with Crippen molar-refractivity contribution in [2.45, 2.75) is 63.9 Å². The van der Waals surface area contributed by atoms with Gasteiger partial charge in [0.25, 0.3) is 0 Å². The summed E-state index contributed by atoms with van der Waals surface area (Å²) in [5.74, 6) is -5.75. The van der Waals surface area contributed by atoms with Crippen LogP contribution >= 0.6 is 0 Å². The minimum atomic E-state index is -1.87. The first-order valence-corrected chi connectivity index (χ1v) is 8.26. The summed E-state index contributed by atoms with van der Waals surface area (Å²) in [5.41, 5.74) is 0. The van der Waals surface area contributed by atoms with Crippen molar-refractivity contribution in [2.24, 2.45) is 0 Å². The molecule has 0 radical (unpaired) electrons. The molecule has 0 aliphatic rings. The predicted molar refractivity (Wildman–Crippen MR) is 87.7 cm³/mol. The summed E-state index contributed by atoms with van der Waals surface area (Å²) >= 11 is 0. The molecule has 0 aromatic rings. The maximum Gasteiger partial charge on any atom is 0.343 e. The van der Waals surface area contributed by atoms with Crippen LogP contribution in [0.2, 0.25) is 0 Å². The smallest absolute Gasteiger partial charge is 0.343 e. The number of nitrogens with one attached hydrogen (secondary N) is 1.